The quantitative estimate of drug-likeness (QED) is 0.337. The number of hydrogen-bond acceptors (Lipinski definition) is 3. The zero-order valence-electron chi connectivity index (χ0n) is 19.5. The number of para-hydroxylation sites is 1. The van der Waals surface area contributed by atoms with Crippen molar-refractivity contribution in [3.63, 3.8) is 0 Å². The molecule has 0 bridgehead atoms. The normalized spacial score (nSPS) is 15.4. The van der Waals surface area contributed by atoms with Crippen molar-refractivity contribution in [2.24, 2.45) is 0 Å². The number of thiocarbonyl (C=S) groups is 1. The second-order valence-electron chi connectivity index (χ2n) is 8.38. The largest absolute Gasteiger partial charge is 0.317 e. The Bertz CT molecular complexity index is 1300. The fraction of sp³-hybridized carbons (Fsp3) is 0.222. The van der Waals surface area contributed by atoms with Gasteiger partial charge in [0.2, 0.25) is 0 Å². The molecular weight excluding hydrogens is 430 g/mol. The SMILES string of the molecule is CCc1ccc(N2C(=O)/C(=C/c3cc(C)n(-c4c(C)cccc4C)c3C)C(=O)NC2=S)cc1. The zero-order valence-corrected chi connectivity index (χ0v) is 20.3. The summed E-state index contributed by atoms with van der Waals surface area (Å²) in [6, 6.07) is 15.8. The second-order valence-corrected chi connectivity index (χ2v) is 8.77. The first-order valence-electron chi connectivity index (χ1n) is 11.0. The summed E-state index contributed by atoms with van der Waals surface area (Å²) in [5.41, 5.74) is 8.11. The molecule has 5 nitrogen and oxygen atoms in total. The number of nitrogens with zero attached hydrogens (tertiary/aromatic N) is 2. The van der Waals surface area contributed by atoms with Crippen molar-refractivity contribution in [1.82, 2.24) is 9.88 Å². The van der Waals surface area contributed by atoms with Crippen LogP contribution in [-0.4, -0.2) is 21.5 Å². The summed E-state index contributed by atoms with van der Waals surface area (Å²) in [5, 5.41) is 2.76. The smallest absolute Gasteiger partial charge is 0.270 e. The van der Waals surface area contributed by atoms with Gasteiger partial charge in [0.05, 0.1) is 11.4 Å². The van der Waals surface area contributed by atoms with Gasteiger partial charge in [-0.05, 0) is 92.9 Å². The maximum absolute atomic E-state index is 13.4. The molecule has 0 saturated carbocycles. The van der Waals surface area contributed by atoms with E-state index >= 15 is 0 Å². The van der Waals surface area contributed by atoms with E-state index < -0.39 is 11.8 Å². The van der Waals surface area contributed by atoms with Crippen LogP contribution in [0.3, 0.4) is 0 Å². The summed E-state index contributed by atoms with van der Waals surface area (Å²) in [5.74, 6) is -0.909. The van der Waals surface area contributed by atoms with Gasteiger partial charge in [-0.1, -0.05) is 37.3 Å². The average molecular weight is 458 g/mol. The Morgan fingerprint density at radius 3 is 2.21 bits per heavy atom. The molecule has 0 radical (unpaired) electrons. The van der Waals surface area contributed by atoms with Crippen molar-refractivity contribution in [2.45, 2.75) is 41.0 Å². The first kappa shape index (κ1) is 22.7. The minimum atomic E-state index is -0.483. The number of amides is 2. The van der Waals surface area contributed by atoms with Crippen LogP contribution >= 0.6 is 12.2 Å². The van der Waals surface area contributed by atoms with Crippen molar-refractivity contribution >= 4 is 40.9 Å². The lowest BCUT2D eigenvalue weighted by atomic mass is 10.1. The Balaban J connectivity index is 1.77. The molecule has 2 amide bonds. The first-order chi connectivity index (χ1) is 15.7. The van der Waals surface area contributed by atoms with Crippen LogP contribution in [0.5, 0.6) is 0 Å². The van der Waals surface area contributed by atoms with Crippen molar-refractivity contribution < 1.29 is 9.59 Å². The van der Waals surface area contributed by atoms with E-state index in [9.17, 15) is 9.59 Å². The minimum Gasteiger partial charge on any atom is -0.317 e. The van der Waals surface area contributed by atoms with Gasteiger partial charge in [0, 0.05) is 11.4 Å². The van der Waals surface area contributed by atoms with E-state index in [1.165, 1.54) is 4.90 Å². The van der Waals surface area contributed by atoms with Crippen LogP contribution in [0.15, 0.2) is 54.1 Å². The van der Waals surface area contributed by atoms with Crippen molar-refractivity contribution in [1.29, 1.82) is 0 Å². The average Bonchev–Trinajstić information content (AvgIpc) is 3.04. The summed E-state index contributed by atoms with van der Waals surface area (Å²) in [6.45, 7) is 10.3. The predicted molar refractivity (Wildman–Crippen MR) is 137 cm³/mol. The fourth-order valence-electron chi connectivity index (χ4n) is 4.36. The summed E-state index contributed by atoms with van der Waals surface area (Å²) in [4.78, 5) is 27.5. The molecule has 1 aliphatic heterocycles. The molecule has 0 unspecified atom stereocenters. The van der Waals surface area contributed by atoms with Crippen LogP contribution in [0.25, 0.3) is 11.8 Å². The van der Waals surface area contributed by atoms with Crippen LogP contribution in [0, 0.1) is 27.7 Å². The Hall–Kier alpha value is -3.51. The molecule has 1 aromatic heterocycles. The number of rotatable bonds is 4. The topological polar surface area (TPSA) is 54.3 Å². The second kappa shape index (κ2) is 8.79. The Morgan fingerprint density at radius 2 is 1.61 bits per heavy atom. The maximum Gasteiger partial charge on any atom is 0.270 e. The van der Waals surface area contributed by atoms with E-state index in [1.807, 2.05) is 50.2 Å². The number of hydrogen-bond donors (Lipinski definition) is 1. The molecule has 168 valence electrons. The van der Waals surface area contributed by atoms with Gasteiger partial charge >= 0.3 is 0 Å². The van der Waals surface area contributed by atoms with Gasteiger partial charge < -0.3 is 4.57 Å². The van der Waals surface area contributed by atoms with Crippen molar-refractivity contribution in [3.8, 4) is 5.69 Å². The number of carbonyl (C=O) groups is 2. The third kappa shape index (κ3) is 4.02. The van der Waals surface area contributed by atoms with Crippen LogP contribution in [0.4, 0.5) is 5.69 Å². The van der Waals surface area contributed by atoms with Crippen LogP contribution < -0.4 is 10.2 Å². The summed E-state index contributed by atoms with van der Waals surface area (Å²) >= 11 is 5.33. The first-order valence-corrected chi connectivity index (χ1v) is 11.4. The van der Waals surface area contributed by atoms with Crippen LogP contribution in [-0.2, 0) is 16.0 Å². The minimum absolute atomic E-state index is 0.0601. The highest BCUT2D eigenvalue weighted by atomic mass is 32.1. The molecular formula is C27H27N3O2S. The molecule has 2 heterocycles. The van der Waals surface area contributed by atoms with Crippen LogP contribution in [0.2, 0.25) is 0 Å². The molecule has 0 aliphatic carbocycles. The van der Waals surface area contributed by atoms with E-state index in [-0.39, 0.29) is 10.7 Å². The number of carbonyl (C=O) groups excluding carboxylic acids is 2. The molecule has 0 atom stereocenters. The highest BCUT2D eigenvalue weighted by Gasteiger charge is 2.34. The zero-order chi connectivity index (χ0) is 23.9. The summed E-state index contributed by atoms with van der Waals surface area (Å²) in [6.07, 6.45) is 2.57. The van der Waals surface area contributed by atoms with Gasteiger partial charge in [0.25, 0.3) is 11.8 Å². The molecule has 3 aromatic rings. The van der Waals surface area contributed by atoms with E-state index in [4.69, 9.17) is 12.2 Å². The summed E-state index contributed by atoms with van der Waals surface area (Å²) in [7, 11) is 0. The standard InChI is InChI=1S/C27H27N3O2S/c1-6-20-10-12-22(13-11-20)30-26(32)23(25(31)28-27(30)33)15-21-14-18(4)29(19(21)5)24-16(2)8-7-9-17(24)3/h7-15H,6H2,1-5H3,(H,28,31,33)/b23-15+. The predicted octanol–water partition coefficient (Wildman–Crippen LogP) is 5.10. The molecule has 1 saturated heterocycles. The maximum atomic E-state index is 13.4. The monoisotopic (exact) mass is 457 g/mol. The summed E-state index contributed by atoms with van der Waals surface area (Å²) < 4.78 is 2.17. The molecule has 33 heavy (non-hydrogen) atoms. The lowest BCUT2D eigenvalue weighted by Gasteiger charge is -2.29. The van der Waals surface area contributed by atoms with Gasteiger partial charge in [-0.2, -0.15) is 0 Å². The van der Waals surface area contributed by atoms with Crippen molar-refractivity contribution in [2.75, 3.05) is 4.90 Å². The Morgan fingerprint density at radius 1 is 0.970 bits per heavy atom. The molecule has 2 aromatic carbocycles. The number of benzene rings is 2. The molecule has 4 rings (SSSR count). The molecule has 1 N–H and O–H groups in total. The van der Waals surface area contributed by atoms with Crippen LogP contribution in [0.1, 0.15) is 40.6 Å². The third-order valence-electron chi connectivity index (χ3n) is 6.14. The van der Waals surface area contributed by atoms with Gasteiger partial charge in [-0.25, -0.2) is 0 Å². The van der Waals surface area contributed by atoms with Crippen molar-refractivity contribution in [3.05, 3.63) is 87.7 Å². The van der Waals surface area contributed by atoms with E-state index in [0.29, 0.717) is 5.69 Å². The van der Waals surface area contributed by atoms with E-state index in [2.05, 4.69) is 42.8 Å². The lowest BCUT2D eigenvalue weighted by Crippen LogP contribution is -2.54. The highest BCUT2D eigenvalue weighted by Crippen LogP contribution is 2.29. The number of aromatic nitrogens is 1. The van der Waals surface area contributed by atoms with E-state index in [0.717, 1.165) is 45.7 Å². The van der Waals surface area contributed by atoms with Gasteiger partial charge in [0.15, 0.2) is 5.11 Å². The molecule has 1 fully saturated rings. The lowest BCUT2D eigenvalue weighted by molar-refractivity contribution is -0.122. The Kier molecular flexibility index (Phi) is 6.04. The van der Waals surface area contributed by atoms with Gasteiger partial charge in [-0.15, -0.1) is 0 Å². The number of aryl methyl sites for hydroxylation is 4. The fourth-order valence-corrected chi connectivity index (χ4v) is 4.65. The molecule has 0 spiro atoms. The molecule has 1 aliphatic rings. The van der Waals surface area contributed by atoms with E-state index in [1.54, 1.807) is 6.08 Å². The molecule has 6 heteroatoms. The number of nitrogens with one attached hydrogen (secondary N) is 1. The Labute approximate surface area is 199 Å². The van der Waals surface area contributed by atoms with Gasteiger partial charge in [-0.3, -0.25) is 19.8 Å². The third-order valence-corrected chi connectivity index (χ3v) is 6.42. The highest BCUT2D eigenvalue weighted by molar-refractivity contribution is 7.80. The van der Waals surface area contributed by atoms with Gasteiger partial charge in [0.1, 0.15) is 5.57 Å². The number of anilines is 1.